The fourth-order valence-electron chi connectivity index (χ4n) is 3.03. The number of hydrogen-bond donors (Lipinski definition) is 2. The van der Waals surface area contributed by atoms with Gasteiger partial charge in [0.05, 0.1) is 5.01 Å². The van der Waals surface area contributed by atoms with E-state index in [4.69, 9.17) is 0 Å². The molecule has 3 rings (SSSR count). The molecule has 0 aromatic carbocycles. The Bertz CT molecular complexity index is 845. The fourth-order valence-corrected chi connectivity index (χ4v) is 3.83. The van der Waals surface area contributed by atoms with Crippen molar-refractivity contribution in [3.05, 3.63) is 40.0 Å². The first-order valence-corrected chi connectivity index (χ1v) is 10.6. The number of anilines is 1. The molecule has 0 saturated carbocycles. The lowest BCUT2D eigenvalue weighted by atomic mass is 10.2. The summed E-state index contributed by atoms with van der Waals surface area (Å²) in [6.07, 6.45) is -2.20. The number of nitrogens with zero attached hydrogens (tertiary/aromatic N) is 5. The lowest BCUT2D eigenvalue weighted by Crippen LogP contribution is -2.44. The molecule has 1 saturated heterocycles. The van der Waals surface area contributed by atoms with Crippen molar-refractivity contribution in [1.82, 2.24) is 25.5 Å². The highest BCUT2D eigenvalue weighted by atomic mass is 32.1. The lowest BCUT2D eigenvalue weighted by molar-refractivity contribution is -0.140. The number of nitrogens with one attached hydrogen (secondary N) is 2. The van der Waals surface area contributed by atoms with Gasteiger partial charge in [0.1, 0.15) is 5.82 Å². The minimum absolute atomic E-state index is 0.393. The molecule has 30 heavy (non-hydrogen) atoms. The van der Waals surface area contributed by atoms with E-state index in [9.17, 15) is 13.2 Å². The molecule has 0 unspecified atom stereocenters. The van der Waals surface area contributed by atoms with Gasteiger partial charge < -0.3 is 20.4 Å². The van der Waals surface area contributed by atoms with Gasteiger partial charge in [-0.2, -0.15) is 13.2 Å². The second kappa shape index (κ2) is 10.1. The molecule has 0 atom stereocenters. The summed E-state index contributed by atoms with van der Waals surface area (Å²) >= 11 is 1.02. The first-order valence-electron chi connectivity index (χ1n) is 9.69. The predicted octanol–water partition coefficient (Wildman–Crippen LogP) is 2.22. The average Bonchev–Trinajstić information content (AvgIpc) is 3.21. The van der Waals surface area contributed by atoms with Crippen molar-refractivity contribution in [2.45, 2.75) is 19.1 Å². The molecule has 11 heteroatoms. The van der Waals surface area contributed by atoms with Gasteiger partial charge in [-0.1, -0.05) is 0 Å². The lowest BCUT2D eigenvalue weighted by Gasteiger charge is -2.33. The minimum Gasteiger partial charge on any atom is -0.356 e. The average molecular weight is 442 g/mol. The highest BCUT2D eigenvalue weighted by molar-refractivity contribution is 7.09. The number of aromatic nitrogens is 2. The maximum atomic E-state index is 12.6. The second-order valence-electron chi connectivity index (χ2n) is 7.04. The number of piperazine rings is 1. The Labute approximate surface area is 178 Å². The monoisotopic (exact) mass is 441 g/mol. The summed E-state index contributed by atoms with van der Waals surface area (Å²) in [4.78, 5) is 16.9. The predicted molar refractivity (Wildman–Crippen MR) is 113 cm³/mol. The number of halogens is 3. The van der Waals surface area contributed by atoms with Gasteiger partial charge in [0, 0.05) is 64.3 Å². The van der Waals surface area contributed by atoms with E-state index in [1.54, 1.807) is 7.05 Å². The molecule has 7 nitrogen and oxygen atoms in total. The van der Waals surface area contributed by atoms with Crippen LogP contribution in [0.2, 0.25) is 0 Å². The molecule has 1 fully saturated rings. The molecule has 0 amide bonds. The summed E-state index contributed by atoms with van der Waals surface area (Å²) in [6, 6.07) is 4.02. The number of rotatable bonds is 6. The highest BCUT2D eigenvalue weighted by Gasteiger charge is 2.33. The zero-order valence-electron chi connectivity index (χ0n) is 17.0. The summed E-state index contributed by atoms with van der Waals surface area (Å²) in [5.41, 5.74) is 0.246. The number of hydrogen-bond acceptors (Lipinski definition) is 6. The van der Waals surface area contributed by atoms with Gasteiger partial charge in [-0.15, -0.1) is 11.3 Å². The quantitative estimate of drug-likeness (QED) is 0.529. The standard InChI is InChI=1S/C19H26F3N7S/c1-23-18(25-6-4-17-27-15(13-30-17)19(20,21)22)26-12-14-3-5-24-16(11-14)29-9-7-28(2)8-10-29/h3,5,11,13H,4,6-10,12H2,1-2H3,(H2,23,25,26). The van der Waals surface area contributed by atoms with E-state index in [0.29, 0.717) is 30.5 Å². The van der Waals surface area contributed by atoms with Crippen molar-refractivity contribution in [1.29, 1.82) is 0 Å². The molecule has 1 aliphatic heterocycles. The molecular weight excluding hydrogens is 415 g/mol. The van der Waals surface area contributed by atoms with E-state index in [1.807, 2.05) is 12.3 Å². The number of guanidine groups is 1. The summed E-state index contributed by atoms with van der Waals surface area (Å²) in [6.45, 7) is 4.95. The summed E-state index contributed by atoms with van der Waals surface area (Å²) in [7, 11) is 3.77. The largest absolute Gasteiger partial charge is 0.434 e. The Hall–Kier alpha value is -2.40. The molecule has 164 valence electrons. The van der Waals surface area contributed by atoms with Gasteiger partial charge in [-0.25, -0.2) is 9.97 Å². The molecular formula is C19H26F3N7S. The van der Waals surface area contributed by atoms with Crippen LogP contribution in [0, 0.1) is 0 Å². The zero-order chi connectivity index (χ0) is 21.6. The van der Waals surface area contributed by atoms with Gasteiger partial charge in [-0.05, 0) is 24.7 Å². The maximum Gasteiger partial charge on any atom is 0.434 e. The van der Waals surface area contributed by atoms with Crippen molar-refractivity contribution >= 4 is 23.1 Å². The zero-order valence-corrected chi connectivity index (χ0v) is 17.9. The van der Waals surface area contributed by atoms with E-state index in [-0.39, 0.29) is 0 Å². The molecule has 2 aromatic rings. The third-order valence-electron chi connectivity index (χ3n) is 4.79. The molecule has 0 bridgehead atoms. The van der Waals surface area contributed by atoms with Crippen LogP contribution in [0.1, 0.15) is 16.3 Å². The van der Waals surface area contributed by atoms with Crippen molar-refractivity contribution in [3.63, 3.8) is 0 Å². The van der Waals surface area contributed by atoms with Crippen LogP contribution in [0.15, 0.2) is 28.7 Å². The van der Waals surface area contributed by atoms with Crippen LogP contribution in [0.3, 0.4) is 0 Å². The Morgan fingerprint density at radius 2 is 2.00 bits per heavy atom. The van der Waals surface area contributed by atoms with Crippen LogP contribution >= 0.6 is 11.3 Å². The first kappa shape index (κ1) is 22.3. The van der Waals surface area contributed by atoms with Gasteiger partial charge in [-0.3, -0.25) is 4.99 Å². The number of aliphatic imine (C=N–C) groups is 1. The highest BCUT2D eigenvalue weighted by Crippen LogP contribution is 2.30. The smallest absolute Gasteiger partial charge is 0.356 e. The van der Waals surface area contributed by atoms with Crippen LogP contribution in [0.4, 0.5) is 19.0 Å². The summed E-state index contributed by atoms with van der Waals surface area (Å²) < 4.78 is 37.9. The SMILES string of the molecule is CN=C(NCCc1nc(C(F)(F)F)cs1)NCc1ccnc(N2CCN(C)CC2)c1. The topological polar surface area (TPSA) is 68.7 Å². The number of alkyl halides is 3. The Balaban J connectivity index is 1.46. The van der Waals surface area contributed by atoms with Crippen molar-refractivity contribution in [2.24, 2.45) is 4.99 Å². The van der Waals surface area contributed by atoms with Gasteiger partial charge in [0.15, 0.2) is 11.7 Å². The van der Waals surface area contributed by atoms with E-state index >= 15 is 0 Å². The second-order valence-corrected chi connectivity index (χ2v) is 7.98. The van der Waals surface area contributed by atoms with Gasteiger partial charge >= 0.3 is 6.18 Å². The Kier molecular flexibility index (Phi) is 7.48. The van der Waals surface area contributed by atoms with Crippen molar-refractivity contribution in [3.8, 4) is 0 Å². The molecule has 2 aromatic heterocycles. The fraction of sp³-hybridized carbons (Fsp3) is 0.526. The van der Waals surface area contributed by atoms with E-state index in [1.165, 1.54) is 0 Å². The summed E-state index contributed by atoms with van der Waals surface area (Å²) in [5, 5.41) is 7.82. The molecule has 2 N–H and O–H groups in total. The van der Waals surface area contributed by atoms with Crippen LogP contribution in [-0.4, -0.2) is 67.6 Å². The summed E-state index contributed by atoms with van der Waals surface area (Å²) in [5.74, 6) is 1.55. The molecule has 0 radical (unpaired) electrons. The van der Waals surface area contributed by atoms with Crippen molar-refractivity contribution in [2.75, 3.05) is 51.7 Å². The van der Waals surface area contributed by atoms with Crippen LogP contribution in [0.5, 0.6) is 0 Å². The van der Waals surface area contributed by atoms with E-state index < -0.39 is 11.9 Å². The normalized spacial score (nSPS) is 16.0. The number of pyridine rings is 1. The van der Waals surface area contributed by atoms with Crippen molar-refractivity contribution < 1.29 is 13.2 Å². The minimum atomic E-state index is -4.40. The first-order chi connectivity index (χ1) is 14.3. The Morgan fingerprint density at radius 3 is 2.67 bits per heavy atom. The van der Waals surface area contributed by atoms with E-state index in [0.717, 1.165) is 54.3 Å². The van der Waals surface area contributed by atoms with Crippen LogP contribution < -0.4 is 15.5 Å². The third kappa shape index (κ3) is 6.30. The number of thiazole rings is 1. The van der Waals surface area contributed by atoms with Gasteiger partial charge in [0.25, 0.3) is 0 Å². The molecule has 0 aliphatic carbocycles. The molecule has 3 heterocycles. The molecule has 0 spiro atoms. The van der Waals surface area contributed by atoms with Gasteiger partial charge in [0.2, 0.25) is 0 Å². The van der Waals surface area contributed by atoms with E-state index in [2.05, 4.69) is 48.5 Å². The van der Waals surface area contributed by atoms with Crippen LogP contribution in [0.25, 0.3) is 0 Å². The molecule has 1 aliphatic rings. The van der Waals surface area contributed by atoms with Crippen LogP contribution in [-0.2, 0) is 19.1 Å². The Morgan fingerprint density at radius 1 is 1.23 bits per heavy atom. The maximum absolute atomic E-state index is 12.6. The number of likely N-dealkylation sites (N-methyl/N-ethyl adjacent to an activating group) is 1. The third-order valence-corrected chi connectivity index (χ3v) is 5.70.